The van der Waals surface area contributed by atoms with Gasteiger partial charge < -0.3 is 10.4 Å². The first kappa shape index (κ1) is 15.0. The van der Waals surface area contributed by atoms with Crippen molar-refractivity contribution in [3.8, 4) is 0 Å². The fourth-order valence-electron chi connectivity index (χ4n) is 2.71. The molecule has 1 atom stereocenters. The summed E-state index contributed by atoms with van der Waals surface area (Å²) in [5, 5.41) is 11.7. The van der Waals surface area contributed by atoms with Gasteiger partial charge in [0, 0.05) is 6.42 Å². The van der Waals surface area contributed by atoms with Gasteiger partial charge in [-0.15, -0.1) is 0 Å². The number of carboxylic acid groups (broad SMARTS) is 1. The first-order chi connectivity index (χ1) is 8.34. The Morgan fingerprint density at radius 2 is 1.78 bits per heavy atom. The Morgan fingerprint density at radius 3 is 2.22 bits per heavy atom. The maximum atomic E-state index is 12.0. The lowest BCUT2D eigenvalue weighted by Crippen LogP contribution is -2.45. The highest BCUT2D eigenvalue weighted by molar-refractivity contribution is 5.84. The van der Waals surface area contributed by atoms with E-state index in [-0.39, 0.29) is 17.2 Å². The van der Waals surface area contributed by atoms with Crippen LogP contribution >= 0.6 is 0 Å². The van der Waals surface area contributed by atoms with E-state index in [1.807, 2.05) is 0 Å². The minimum absolute atomic E-state index is 0.0579. The van der Waals surface area contributed by atoms with E-state index in [0.29, 0.717) is 6.42 Å². The Bertz CT molecular complexity index is 306. The standard InChI is InChI=1S/C14H25NO3/c1-10(2)12(13(17)18)15-11(16)9-14(3)7-5-4-6-8-14/h10,12H,4-9H2,1-3H3,(H,15,16)(H,17,18)/t12-/m1/s1. The van der Waals surface area contributed by atoms with Gasteiger partial charge in [-0.05, 0) is 24.2 Å². The van der Waals surface area contributed by atoms with E-state index in [1.54, 1.807) is 13.8 Å². The van der Waals surface area contributed by atoms with Crippen molar-refractivity contribution in [2.75, 3.05) is 0 Å². The average Bonchev–Trinajstić information content (AvgIpc) is 2.25. The van der Waals surface area contributed by atoms with Crippen molar-refractivity contribution in [1.82, 2.24) is 5.32 Å². The van der Waals surface area contributed by atoms with Crippen molar-refractivity contribution in [3.63, 3.8) is 0 Å². The molecule has 0 saturated heterocycles. The van der Waals surface area contributed by atoms with Gasteiger partial charge in [-0.1, -0.05) is 40.0 Å². The molecule has 1 aliphatic carbocycles. The van der Waals surface area contributed by atoms with Gasteiger partial charge in [-0.2, -0.15) is 0 Å². The second-order valence-electron chi connectivity index (χ2n) is 6.18. The molecule has 1 rings (SSSR count). The van der Waals surface area contributed by atoms with Crippen molar-refractivity contribution in [2.45, 2.75) is 65.3 Å². The highest BCUT2D eigenvalue weighted by atomic mass is 16.4. The van der Waals surface area contributed by atoms with Gasteiger partial charge in [0.15, 0.2) is 0 Å². The molecule has 0 heterocycles. The van der Waals surface area contributed by atoms with Crippen molar-refractivity contribution in [1.29, 1.82) is 0 Å². The third kappa shape index (κ3) is 4.31. The third-order valence-corrected chi connectivity index (χ3v) is 3.90. The molecule has 4 heteroatoms. The van der Waals surface area contributed by atoms with Crippen LogP contribution in [0.3, 0.4) is 0 Å². The minimum Gasteiger partial charge on any atom is -0.480 e. The summed E-state index contributed by atoms with van der Waals surface area (Å²) < 4.78 is 0. The molecule has 1 fully saturated rings. The maximum absolute atomic E-state index is 12.0. The molecule has 0 unspecified atom stereocenters. The highest BCUT2D eigenvalue weighted by Crippen LogP contribution is 2.38. The second-order valence-corrected chi connectivity index (χ2v) is 6.18. The van der Waals surface area contributed by atoms with Crippen molar-refractivity contribution in [3.05, 3.63) is 0 Å². The average molecular weight is 255 g/mol. The van der Waals surface area contributed by atoms with E-state index in [1.165, 1.54) is 19.3 Å². The summed E-state index contributed by atoms with van der Waals surface area (Å²) in [5.74, 6) is -1.17. The zero-order valence-electron chi connectivity index (χ0n) is 11.7. The van der Waals surface area contributed by atoms with Crippen LogP contribution in [0.15, 0.2) is 0 Å². The molecule has 1 aliphatic rings. The van der Waals surface area contributed by atoms with Crippen LogP contribution in [0.4, 0.5) is 0 Å². The number of amides is 1. The Kier molecular flexibility index (Phi) is 5.17. The van der Waals surface area contributed by atoms with E-state index in [4.69, 9.17) is 5.11 Å². The van der Waals surface area contributed by atoms with E-state index in [2.05, 4.69) is 12.2 Å². The van der Waals surface area contributed by atoms with Gasteiger partial charge in [-0.3, -0.25) is 4.79 Å². The van der Waals surface area contributed by atoms with Crippen LogP contribution < -0.4 is 5.32 Å². The summed E-state index contributed by atoms with van der Waals surface area (Å²) in [5.41, 5.74) is 0.0579. The largest absolute Gasteiger partial charge is 0.480 e. The van der Waals surface area contributed by atoms with Gasteiger partial charge >= 0.3 is 5.97 Å². The van der Waals surface area contributed by atoms with E-state index >= 15 is 0 Å². The van der Waals surface area contributed by atoms with Crippen LogP contribution in [0.25, 0.3) is 0 Å². The molecule has 18 heavy (non-hydrogen) atoms. The first-order valence-corrected chi connectivity index (χ1v) is 6.86. The number of hydrogen-bond acceptors (Lipinski definition) is 2. The highest BCUT2D eigenvalue weighted by Gasteiger charge is 2.31. The number of carboxylic acids is 1. The summed E-state index contributed by atoms with van der Waals surface area (Å²) in [4.78, 5) is 23.0. The van der Waals surface area contributed by atoms with Gasteiger partial charge in [0.25, 0.3) is 0 Å². The molecule has 0 aromatic rings. The molecule has 0 radical (unpaired) electrons. The summed E-state index contributed by atoms with van der Waals surface area (Å²) in [7, 11) is 0. The lowest BCUT2D eigenvalue weighted by molar-refractivity contribution is -0.143. The molecule has 0 aromatic heterocycles. The lowest BCUT2D eigenvalue weighted by atomic mass is 9.73. The van der Waals surface area contributed by atoms with E-state index in [0.717, 1.165) is 12.8 Å². The Morgan fingerprint density at radius 1 is 1.22 bits per heavy atom. The minimum atomic E-state index is -0.952. The molecular formula is C14H25NO3. The molecule has 1 saturated carbocycles. The lowest BCUT2D eigenvalue weighted by Gasteiger charge is -2.33. The molecular weight excluding hydrogens is 230 g/mol. The quantitative estimate of drug-likeness (QED) is 0.793. The van der Waals surface area contributed by atoms with Gasteiger partial charge in [0.2, 0.25) is 5.91 Å². The van der Waals surface area contributed by atoms with Crippen LogP contribution in [-0.2, 0) is 9.59 Å². The molecule has 1 amide bonds. The zero-order chi connectivity index (χ0) is 13.8. The molecule has 2 N–H and O–H groups in total. The maximum Gasteiger partial charge on any atom is 0.326 e. The molecule has 0 bridgehead atoms. The predicted molar refractivity (Wildman–Crippen MR) is 70.2 cm³/mol. The Hall–Kier alpha value is -1.06. The topological polar surface area (TPSA) is 66.4 Å². The molecule has 0 spiro atoms. The van der Waals surface area contributed by atoms with Crippen LogP contribution in [0.2, 0.25) is 0 Å². The predicted octanol–water partition coefficient (Wildman–Crippen LogP) is 2.57. The van der Waals surface area contributed by atoms with Crippen LogP contribution in [-0.4, -0.2) is 23.0 Å². The van der Waals surface area contributed by atoms with Gasteiger partial charge in [0.1, 0.15) is 6.04 Å². The number of rotatable bonds is 5. The SMILES string of the molecule is CC(C)[C@@H](NC(=O)CC1(C)CCCCC1)C(=O)O. The summed E-state index contributed by atoms with van der Waals surface area (Å²) in [6.45, 7) is 5.75. The Labute approximate surface area is 109 Å². The summed E-state index contributed by atoms with van der Waals surface area (Å²) in [6.07, 6.45) is 6.19. The van der Waals surface area contributed by atoms with Crippen molar-refractivity contribution < 1.29 is 14.7 Å². The fraction of sp³-hybridized carbons (Fsp3) is 0.857. The van der Waals surface area contributed by atoms with Crippen LogP contribution in [0.5, 0.6) is 0 Å². The number of aliphatic carboxylic acids is 1. The zero-order valence-corrected chi connectivity index (χ0v) is 11.7. The van der Waals surface area contributed by atoms with Crippen molar-refractivity contribution in [2.24, 2.45) is 11.3 Å². The smallest absolute Gasteiger partial charge is 0.326 e. The first-order valence-electron chi connectivity index (χ1n) is 6.86. The number of hydrogen-bond donors (Lipinski definition) is 2. The van der Waals surface area contributed by atoms with Crippen LogP contribution in [0, 0.1) is 11.3 Å². The fourth-order valence-corrected chi connectivity index (χ4v) is 2.71. The monoisotopic (exact) mass is 255 g/mol. The van der Waals surface area contributed by atoms with Gasteiger partial charge in [-0.25, -0.2) is 4.79 Å². The third-order valence-electron chi connectivity index (χ3n) is 3.90. The van der Waals surface area contributed by atoms with Gasteiger partial charge in [0.05, 0.1) is 0 Å². The number of carbonyl (C=O) groups excluding carboxylic acids is 1. The summed E-state index contributed by atoms with van der Waals surface area (Å²) in [6, 6.07) is -0.773. The van der Waals surface area contributed by atoms with E-state index < -0.39 is 12.0 Å². The number of nitrogens with one attached hydrogen (secondary N) is 1. The molecule has 104 valence electrons. The Balaban J connectivity index is 2.52. The number of carbonyl (C=O) groups is 2. The molecule has 0 aliphatic heterocycles. The second kappa shape index (κ2) is 6.21. The molecule has 4 nitrogen and oxygen atoms in total. The normalized spacial score (nSPS) is 20.4. The van der Waals surface area contributed by atoms with E-state index in [9.17, 15) is 9.59 Å². The summed E-state index contributed by atoms with van der Waals surface area (Å²) >= 11 is 0. The molecule has 0 aromatic carbocycles. The van der Waals surface area contributed by atoms with Crippen LogP contribution in [0.1, 0.15) is 59.3 Å². The van der Waals surface area contributed by atoms with Crippen molar-refractivity contribution >= 4 is 11.9 Å².